The summed E-state index contributed by atoms with van der Waals surface area (Å²) in [5.41, 5.74) is 9.81. The van der Waals surface area contributed by atoms with Crippen molar-refractivity contribution in [1.29, 1.82) is 0 Å². The molecule has 0 bridgehead atoms. The smallest absolute Gasteiger partial charge is 0.305 e. The molecule has 15 amide bonds. The fourth-order valence-electron chi connectivity index (χ4n) is 15.6. The predicted octanol–water partition coefficient (Wildman–Crippen LogP) is 3.76. The lowest BCUT2D eigenvalue weighted by Crippen LogP contribution is -2.61. The molecule has 0 aliphatic carbocycles. The van der Waals surface area contributed by atoms with E-state index in [0.29, 0.717) is 73.1 Å². The number of aliphatic carboxylic acids is 1. The van der Waals surface area contributed by atoms with E-state index in [1.807, 2.05) is 6.92 Å². The van der Waals surface area contributed by atoms with E-state index >= 15 is 47.9 Å². The van der Waals surface area contributed by atoms with Crippen LogP contribution in [-0.4, -0.2) is 272 Å². The van der Waals surface area contributed by atoms with Crippen LogP contribution in [0.4, 0.5) is 0 Å². The van der Waals surface area contributed by atoms with Crippen molar-refractivity contribution in [1.82, 2.24) is 82.3 Å². The van der Waals surface area contributed by atoms with Crippen LogP contribution in [0.3, 0.4) is 0 Å². The molecule has 1 fully saturated rings. The second-order valence-corrected chi connectivity index (χ2v) is 35.4. The first-order chi connectivity index (χ1) is 62.9. The first-order valence-corrected chi connectivity index (χ1v) is 45.2. The predicted molar refractivity (Wildman–Crippen MR) is 497 cm³/mol. The first-order valence-electron chi connectivity index (χ1n) is 43.6. The van der Waals surface area contributed by atoms with Gasteiger partial charge in [0.25, 0.3) is 0 Å². The quantitative estimate of drug-likeness (QED) is 0.0433. The minimum absolute atomic E-state index is 0.0308. The number of amides is 15. The number of para-hydroxylation sites is 1. The first kappa shape index (κ1) is 102. The second kappa shape index (κ2) is 48.8. The molecule has 1 aliphatic heterocycles. The number of unbranched alkanes of at least 4 members (excludes halogenated alkanes) is 1. The molecule has 1 saturated heterocycles. The van der Waals surface area contributed by atoms with Crippen molar-refractivity contribution in [3.63, 3.8) is 0 Å². The Labute approximate surface area is 774 Å². The van der Waals surface area contributed by atoms with Gasteiger partial charge in [-0.25, -0.2) is 0 Å². The maximum Gasteiger partial charge on any atom is 0.305 e. The van der Waals surface area contributed by atoms with Crippen LogP contribution in [0.1, 0.15) is 100 Å². The molecule has 1 aliphatic rings. The standard InChI is InChI=1S/C95H118ClN17O18S/c1-11-12-32-76-93(129)110(7)52-81(117)102-72(47-83(119)120)89(125)108-84(56(4)5)95(131)112(9)77(42-58-26-18-14-19-27-58)90(126)106-74(45-62-49-99-68-38-35-63(96)46-66(62)68)91(127)109(6)51-80(116)101-71(44-61-48-98-67-31-23-22-30-65(61)67)88(124)105-70(40-60-33-36-64(114)37-34-60)87(123)104-69(39-55(2)3)86(122)107-75(85(121)100-50-79(97)115)53-132-54-82(118)103-73(41-57-24-16-13-17-25-57)92(128)113(10)78(94(130)111(76)8)43-59-28-20-15-21-29-59/h13-31,33-38,46,48-49,55-56,69-78,84,98-99,114H,11-12,32,39-45,47,50-54H2,1-10H3,(H2,97,115)(H,100,121)(H,101,116)(H,102,117)(H,103,118)(H,104,123)(H,105,124)(H,106,126)(H,107,122)(H,108,125)(H,119,120)/t69-,70-,71-,72-,73-,74-,75-,76-,77-,78-,84-/m0/s1. The van der Waals surface area contributed by atoms with Gasteiger partial charge in [-0.15, -0.1) is 11.8 Å². The summed E-state index contributed by atoms with van der Waals surface area (Å²) < 4.78 is 0. The Kier molecular flexibility index (Phi) is 37.8. The number of primary amides is 1. The molecule has 132 heavy (non-hydrogen) atoms. The van der Waals surface area contributed by atoms with Crippen LogP contribution in [0.15, 0.2) is 170 Å². The topological polar surface area (TPSA) is 496 Å². The number of aromatic nitrogens is 2. The number of fused-ring (bicyclic) bond motifs is 2. The highest BCUT2D eigenvalue weighted by Gasteiger charge is 2.42. The maximum atomic E-state index is 15.6. The van der Waals surface area contributed by atoms with E-state index in [-0.39, 0.29) is 68.8 Å². The van der Waals surface area contributed by atoms with Gasteiger partial charge in [0.15, 0.2) is 0 Å². The van der Waals surface area contributed by atoms with Crippen LogP contribution in [0.25, 0.3) is 21.8 Å². The molecule has 0 radical (unpaired) electrons. The molecule has 704 valence electrons. The van der Waals surface area contributed by atoms with Crippen LogP contribution < -0.4 is 53.6 Å². The minimum atomic E-state index is -1.91. The zero-order valence-corrected chi connectivity index (χ0v) is 77.1. The summed E-state index contributed by atoms with van der Waals surface area (Å²) >= 11 is 7.40. The zero-order chi connectivity index (χ0) is 96.2. The number of phenols is 1. The van der Waals surface area contributed by atoms with Gasteiger partial charge in [0.1, 0.15) is 72.2 Å². The number of nitrogens with zero attached hydrogens (tertiary/aromatic N) is 5. The van der Waals surface area contributed by atoms with Gasteiger partial charge in [0.05, 0.1) is 31.8 Å². The molecular formula is C95H118ClN17O18S. The van der Waals surface area contributed by atoms with Crippen molar-refractivity contribution in [2.45, 2.75) is 172 Å². The number of phenolic OH excluding ortho intramolecular Hbond substituents is 1. The molecule has 8 aromatic rings. The number of halogens is 1. The highest BCUT2D eigenvalue weighted by atomic mass is 35.5. The SMILES string of the molecule is CCCC[C@H]1C(=O)N(C)CC(=O)N[C@@H](CC(=O)O)C(=O)N[C@@H](C(C)C)C(=O)N(C)[C@@H](Cc2ccccc2)C(=O)N[C@@H](Cc2c[nH]c3ccc(Cl)cc23)C(=O)N(C)CC(=O)N[C@@H](Cc2c[nH]c3ccccc23)C(=O)N[C@@H](Cc2ccc(O)cc2)C(=O)N[C@@H](CC(C)C)C(=O)N[C@H](C(=O)NCC(N)=O)CSCC(=O)N[C@@H](Cc2ccccc2)C(=O)N(C)[C@@H](Cc2ccccc2)C(=O)N1C. The van der Waals surface area contributed by atoms with Gasteiger partial charge in [-0.1, -0.05) is 180 Å². The third-order valence-electron chi connectivity index (χ3n) is 22.8. The van der Waals surface area contributed by atoms with Gasteiger partial charge >= 0.3 is 5.97 Å². The van der Waals surface area contributed by atoms with E-state index < -0.39 is 199 Å². The average Bonchev–Trinajstić information content (AvgIpc) is 1.69. The highest BCUT2D eigenvalue weighted by Crippen LogP contribution is 2.27. The number of benzene rings is 6. The van der Waals surface area contributed by atoms with Gasteiger partial charge in [-0.2, -0.15) is 0 Å². The number of rotatable bonds is 23. The number of carbonyl (C=O) groups excluding carboxylic acids is 15. The van der Waals surface area contributed by atoms with E-state index in [1.54, 1.807) is 174 Å². The Morgan fingerprint density at radius 1 is 0.477 bits per heavy atom. The molecule has 0 saturated carbocycles. The molecular weight excluding hydrogens is 1730 g/mol. The molecule has 0 spiro atoms. The van der Waals surface area contributed by atoms with Crippen molar-refractivity contribution >= 4 is 140 Å². The fourth-order valence-corrected chi connectivity index (χ4v) is 16.6. The number of hydrogen-bond donors (Lipinski definition) is 14. The molecule has 15 N–H and O–H groups in total. The van der Waals surface area contributed by atoms with Crippen LogP contribution in [0.2, 0.25) is 5.02 Å². The number of thioether (sulfide) groups is 1. The fraction of sp³-hybridized carbons (Fsp3) is 0.411. The van der Waals surface area contributed by atoms with Crippen LogP contribution in [0, 0.1) is 11.8 Å². The summed E-state index contributed by atoms with van der Waals surface area (Å²) in [6.07, 6.45) is 1.74. The van der Waals surface area contributed by atoms with Crippen molar-refractivity contribution < 1.29 is 86.9 Å². The monoisotopic (exact) mass is 1850 g/mol. The number of carboxylic acids is 1. The second-order valence-electron chi connectivity index (χ2n) is 33.9. The summed E-state index contributed by atoms with van der Waals surface area (Å²) in [5.74, 6) is -17.2. The minimum Gasteiger partial charge on any atom is -0.508 e. The third-order valence-corrected chi connectivity index (χ3v) is 24.1. The summed E-state index contributed by atoms with van der Waals surface area (Å²) in [6.45, 7) is 6.21. The summed E-state index contributed by atoms with van der Waals surface area (Å²) in [4.78, 5) is 248. The van der Waals surface area contributed by atoms with Gasteiger partial charge in [-0.3, -0.25) is 76.7 Å². The molecule has 0 unspecified atom stereocenters. The molecule has 6 aromatic carbocycles. The number of aromatic hydroxyl groups is 1. The third kappa shape index (κ3) is 29.4. The Morgan fingerprint density at radius 2 is 0.947 bits per heavy atom. The van der Waals surface area contributed by atoms with E-state index in [2.05, 4.69) is 57.8 Å². The van der Waals surface area contributed by atoms with Crippen molar-refractivity contribution in [2.24, 2.45) is 17.6 Å². The zero-order valence-electron chi connectivity index (χ0n) is 75.5. The lowest BCUT2D eigenvalue weighted by atomic mass is 9.98. The van der Waals surface area contributed by atoms with Crippen LogP contribution in [0.5, 0.6) is 5.75 Å². The molecule has 11 atom stereocenters. The van der Waals surface area contributed by atoms with Crippen LogP contribution >= 0.6 is 23.4 Å². The summed E-state index contributed by atoms with van der Waals surface area (Å²) in [6, 6.07) is 26.7. The Bertz CT molecular complexity index is 5410. The maximum absolute atomic E-state index is 15.6. The van der Waals surface area contributed by atoms with Gasteiger partial charge in [0.2, 0.25) is 88.6 Å². The van der Waals surface area contributed by atoms with Gasteiger partial charge < -0.3 is 98.3 Å². The molecule has 9 rings (SSSR count). The molecule has 2 aromatic heterocycles. The van der Waals surface area contributed by atoms with E-state index in [0.717, 1.165) is 26.5 Å². The van der Waals surface area contributed by atoms with Gasteiger partial charge in [0, 0.05) is 119 Å². The number of likely N-dealkylation sites (N-methyl/N-ethyl adjacent to an activating group) is 5. The number of H-pyrrole nitrogens is 2. The number of carboxylic acid groups (broad SMARTS) is 1. The van der Waals surface area contributed by atoms with E-state index in [4.69, 9.17) is 17.3 Å². The average molecular weight is 1850 g/mol. The largest absolute Gasteiger partial charge is 0.508 e. The van der Waals surface area contributed by atoms with E-state index in [1.165, 1.54) is 69.3 Å². The summed E-state index contributed by atoms with van der Waals surface area (Å²) in [5, 5.41) is 46.4. The number of nitrogens with one attached hydrogen (secondary N) is 11. The molecule has 35 nitrogen and oxygen atoms in total. The van der Waals surface area contributed by atoms with Crippen molar-refractivity contribution in [3.05, 3.63) is 209 Å². The van der Waals surface area contributed by atoms with E-state index in [9.17, 15) is 39.0 Å². The van der Waals surface area contributed by atoms with Crippen LogP contribution in [-0.2, 0) is 115 Å². The van der Waals surface area contributed by atoms with Crippen molar-refractivity contribution in [2.75, 3.05) is 66.4 Å². The number of carbonyl (C=O) groups is 16. The Hall–Kier alpha value is -13.6. The normalized spacial score (nSPS) is 21.8. The molecule has 3 heterocycles. The lowest BCUT2D eigenvalue weighted by Gasteiger charge is -2.37. The lowest BCUT2D eigenvalue weighted by molar-refractivity contribution is -0.151. The number of hydrogen-bond acceptors (Lipinski definition) is 18. The Balaban J connectivity index is 1.12. The summed E-state index contributed by atoms with van der Waals surface area (Å²) in [7, 11) is 6.59. The Morgan fingerprint density at radius 3 is 1.53 bits per heavy atom. The van der Waals surface area contributed by atoms with Crippen molar-refractivity contribution in [3.8, 4) is 5.75 Å². The molecule has 37 heteroatoms. The van der Waals surface area contributed by atoms with Gasteiger partial charge in [-0.05, 0) is 94.5 Å². The number of aromatic amines is 2. The highest BCUT2D eigenvalue weighted by molar-refractivity contribution is 8.00. The number of nitrogens with two attached hydrogens (primary N) is 1.